The van der Waals surface area contributed by atoms with E-state index in [-0.39, 0.29) is 22.9 Å². The number of carbonyl (C=O) groups excluding carboxylic acids is 2. The molecule has 1 N–H and O–H groups in total. The lowest BCUT2D eigenvalue weighted by Gasteiger charge is -2.17. The Morgan fingerprint density at radius 3 is 2.21 bits per heavy atom. The number of para-hydroxylation sites is 1. The van der Waals surface area contributed by atoms with E-state index in [9.17, 15) is 18.0 Å². The molecule has 4 rings (SSSR count). The van der Waals surface area contributed by atoms with Gasteiger partial charge < -0.3 is 5.32 Å². The minimum Gasteiger partial charge on any atom is -0.322 e. The lowest BCUT2D eigenvalue weighted by Crippen LogP contribution is -2.30. The van der Waals surface area contributed by atoms with Gasteiger partial charge in [-0.3, -0.25) is 9.59 Å². The molecule has 34 heavy (non-hydrogen) atoms. The van der Waals surface area contributed by atoms with Crippen LogP contribution in [-0.2, 0) is 27.8 Å². The molecule has 0 bridgehead atoms. The van der Waals surface area contributed by atoms with E-state index in [4.69, 9.17) is 0 Å². The molecule has 3 aromatic rings. The molecular formula is C27H26N2O4S. The first-order valence-electron chi connectivity index (χ1n) is 11.1. The summed E-state index contributed by atoms with van der Waals surface area (Å²) >= 11 is 0. The van der Waals surface area contributed by atoms with Crippen LogP contribution in [0.3, 0.4) is 0 Å². The van der Waals surface area contributed by atoms with Gasteiger partial charge in [-0.15, -0.1) is 0 Å². The third-order valence-corrected chi connectivity index (χ3v) is 7.87. The van der Waals surface area contributed by atoms with E-state index in [1.54, 1.807) is 36.4 Å². The smallest absolute Gasteiger partial charge is 0.268 e. The van der Waals surface area contributed by atoms with Crippen molar-refractivity contribution in [3.8, 4) is 0 Å². The molecule has 1 heterocycles. The first-order valence-corrected chi connectivity index (χ1v) is 12.5. The van der Waals surface area contributed by atoms with Crippen molar-refractivity contribution in [3.05, 3.63) is 106 Å². The number of rotatable bonds is 6. The molecule has 0 aromatic heterocycles. The van der Waals surface area contributed by atoms with Crippen molar-refractivity contribution < 1.29 is 18.0 Å². The van der Waals surface area contributed by atoms with Gasteiger partial charge in [0.2, 0.25) is 0 Å². The van der Waals surface area contributed by atoms with Gasteiger partial charge in [0.25, 0.3) is 21.8 Å². The van der Waals surface area contributed by atoms with E-state index < -0.39 is 15.9 Å². The second-order valence-electron chi connectivity index (χ2n) is 8.30. The zero-order valence-corrected chi connectivity index (χ0v) is 20.1. The van der Waals surface area contributed by atoms with Crippen LogP contribution >= 0.6 is 0 Å². The first kappa shape index (κ1) is 23.4. The third-order valence-electron chi connectivity index (χ3n) is 5.94. The summed E-state index contributed by atoms with van der Waals surface area (Å²) in [5.41, 5.74) is 4.56. The average Bonchev–Trinajstić information content (AvgIpc) is 2.99. The molecule has 0 spiro atoms. The highest BCUT2D eigenvalue weighted by atomic mass is 32.2. The number of nitrogens with one attached hydrogen (secondary N) is 1. The van der Waals surface area contributed by atoms with Crippen LogP contribution in [0.5, 0.6) is 0 Å². The van der Waals surface area contributed by atoms with Crippen molar-refractivity contribution in [2.24, 2.45) is 0 Å². The fraction of sp³-hybridized carbons (Fsp3) is 0.185. The first-order chi connectivity index (χ1) is 16.2. The molecule has 2 amide bonds. The quantitative estimate of drug-likeness (QED) is 0.550. The molecule has 0 radical (unpaired) electrons. The van der Waals surface area contributed by atoms with Gasteiger partial charge in [-0.2, -0.15) is 0 Å². The van der Waals surface area contributed by atoms with E-state index in [1.807, 2.05) is 50.2 Å². The van der Waals surface area contributed by atoms with Gasteiger partial charge in [0.1, 0.15) is 4.91 Å². The van der Waals surface area contributed by atoms with Crippen molar-refractivity contribution in [3.63, 3.8) is 0 Å². The van der Waals surface area contributed by atoms with Crippen molar-refractivity contribution in [2.75, 3.05) is 5.32 Å². The molecule has 3 aromatic carbocycles. The third kappa shape index (κ3) is 4.39. The van der Waals surface area contributed by atoms with E-state index in [2.05, 4.69) is 5.32 Å². The predicted octanol–water partition coefficient (Wildman–Crippen LogP) is 4.91. The summed E-state index contributed by atoms with van der Waals surface area (Å²) in [4.78, 5) is 25.6. The van der Waals surface area contributed by atoms with E-state index in [1.165, 1.54) is 6.92 Å². The Kier molecular flexibility index (Phi) is 6.39. The maximum absolute atomic E-state index is 13.2. The fourth-order valence-electron chi connectivity index (χ4n) is 4.00. The van der Waals surface area contributed by atoms with Crippen molar-refractivity contribution in [2.45, 2.75) is 33.7 Å². The monoisotopic (exact) mass is 474 g/mol. The maximum Gasteiger partial charge on any atom is 0.268 e. The molecule has 7 heteroatoms. The number of hydrogen-bond donors (Lipinski definition) is 1. The van der Waals surface area contributed by atoms with Crippen LogP contribution in [0, 0.1) is 6.92 Å². The highest BCUT2D eigenvalue weighted by Gasteiger charge is 2.42. The van der Waals surface area contributed by atoms with Crippen molar-refractivity contribution >= 4 is 32.4 Å². The van der Waals surface area contributed by atoms with Gasteiger partial charge in [-0.05, 0) is 55.2 Å². The average molecular weight is 475 g/mol. The van der Waals surface area contributed by atoms with Crippen molar-refractivity contribution in [1.82, 2.24) is 4.31 Å². The molecular weight excluding hydrogens is 448 g/mol. The summed E-state index contributed by atoms with van der Waals surface area (Å²) in [7, 11) is -3.98. The molecule has 0 saturated heterocycles. The molecule has 6 nitrogen and oxygen atoms in total. The Hall–Kier alpha value is -3.71. The van der Waals surface area contributed by atoms with Gasteiger partial charge in [0, 0.05) is 16.8 Å². The largest absolute Gasteiger partial charge is 0.322 e. The number of sulfonamides is 1. The number of benzene rings is 3. The van der Waals surface area contributed by atoms with E-state index in [0.29, 0.717) is 16.7 Å². The zero-order chi connectivity index (χ0) is 24.5. The Balaban J connectivity index is 1.52. The van der Waals surface area contributed by atoms with Crippen LogP contribution in [-0.4, -0.2) is 24.5 Å². The van der Waals surface area contributed by atoms with Crippen LogP contribution in [0.25, 0.3) is 4.91 Å². The zero-order valence-electron chi connectivity index (χ0n) is 19.3. The summed E-state index contributed by atoms with van der Waals surface area (Å²) in [5.74, 6) is -0.787. The molecule has 0 saturated carbocycles. The molecule has 1 aliphatic rings. The minimum atomic E-state index is -3.98. The van der Waals surface area contributed by atoms with E-state index in [0.717, 1.165) is 27.5 Å². The molecule has 0 aliphatic carbocycles. The van der Waals surface area contributed by atoms with Gasteiger partial charge in [-0.25, -0.2) is 12.7 Å². The molecule has 0 unspecified atom stereocenters. The highest BCUT2D eigenvalue weighted by molar-refractivity contribution is 7.99. The van der Waals surface area contributed by atoms with Gasteiger partial charge in [0.05, 0.1) is 6.54 Å². The number of nitrogens with zero attached hydrogens (tertiary/aromatic N) is 1. The SMILES string of the molecule is CCc1ccccc1NC(=O)c1ccc(CN2C(=O)C(C)=C(c3ccc(C)cc3)S2(=O)=O)cc1. The number of hydrogen-bond acceptors (Lipinski definition) is 4. The van der Waals surface area contributed by atoms with Crippen LogP contribution < -0.4 is 5.32 Å². The summed E-state index contributed by atoms with van der Waals surface area (Å²) < 4.78 is 27.3. The van der Waals surface area contributed by atoms with E-state index >= 15 is 0 Å². The number of aryl methyl sites for hydroxylation is 2. The van der Waals surface area contributed by atoms with Crippen molar-refractivity contribution in [1.29, 1.82) is 0 Å². The second-order valence-corrected chi connectivity index (χ2v) is 10.1. The minimum absolute atomic E-state index is 0.0445. The molecule has 0 atom stereocenters. The summed E-state index contributed by atoms with van der Waals surface area (Å²) in [6.07, 6.45) is 0.797. The van der Waals surface area contributed by atoms with Crippen LogP contribution in [0.1, 0.15) is 46.5 Å². The molecule has 1 aliphatic heterocycles. The predicted molar refractivity (Wildman–Crippen MR) is 133 cm³/mol. The molecule has 0 fully saturated rings. The topological polar surface area (TPSA) is 83.6 Å². The highest BCUT2D eigenvalue weighted by Crippen LogP contribution is 2.36. The maximum atomic E-state index is 13.2. The van der Waals surface area contributed by atoms with Crippen LogP contribution in [0.2, 0.25) is 0 Å². The summed E-state index contributed by atoms with van der Waals surface area (Å²) in [5, 5.41) is 2.92. The second kappa shape index (κ2) is 9.27. The number of anilines is 1. The lowest BCUT2D eigenvalue weighted by molar-refractivity contribution is -0.122. The van der Waals surface area contributed by atoms with Crippen LogP contribution in [0.15, 0.2) is 78.4 Å². The standard InChI is InChI=1S/C27H26N2O4S/c1-4-21-7-5-6-8-24(21)28-26(30)23-15-11-20(12-16-23)17-29-27(31)19(3)25(34(29,32)33)22-13-9-18(2)10-14-22/h5-16H,4,17H2,1-3H3,(H,28,30). The van der Waals surface area contributed by atoms with Gasteiger partial charge in [0.15, 0.2) is 0 Å². The lowest BCUT2D eigenvalue weighted by atomic mass is 10.1. The molecule has 174 valence electrons. The summed E-state index contributed by atoms with van der Waals surface area (Å²) in [6, 6.07) is 21.3. The Morgan fingerprint density at radius 2 is 1.56 bits per heavy atom. The Labute approximate surface area is 200 Å². The Bertz CT molecular complexity index is 1390. The number of amides is 2. The number of carbonyl (C=O) groups is 2. The fourth-order valence-corrected chi connectivity index (χ4v) is 5.80. The normalized spacial score (nSPS) is 15.0. The summed E-state index contributed by atoms with van der Waals surface area (Å²) in [6.45, 7) is 5.37. The van der Waals surface area contributed by atoms with Gasteiger partial charge in [-0.1, -0.05) is 67.1 Å². The van der Waals surface area contributed by atoms with Gasteiger partial charge >= 0.3 is 0 Å². The Morgan fingerprint density at radius 1 is 0.912 bits per heavy atom. The van der Waals surface area contributed by atoms with Crippen LogP contribution in [0.4, 0.5) is 5.69 Å².